The molecule has 0 saturated heterocycles. The summed E-state index contributed by atoms with van der Waals surface area (Å²) in [5.41, 5.74) is -1.60. The van der Waals surface area contributed by atoms with Crippen LogP contribution in [0, 0.1) is 0 Å². The normalized spacial score (nSPS) is 14.0. The molecule has 0 fully saturated rings. The second kappa shape index (κ2) is 15.4. The Bertz CT molecular complexity index is 1540. The van der Waals surface area contributed by atoms with Gasteiger partial charge >= 0.3 is 12.3 Å². The molecule has 0 spiro atoms. The zero-order valence-corrected chi connectivity index (χ0v) is 25.8. The topological polar surface area (TPSA) is 158 Å². The van der Waals surface area contributed by atoms with E-state index in [1.807, 2.05) is 0 Å². The van der Waals surface area contributed by atoms with Crippen LogP contribution in [0.1, 0.15) is 11.1 Å². The van der Waals surface area contributed by atoms with Gasteiger partial charge < -0.3 is 24.5 Å². The van der Waals surface area contributed by atoms with Crippen LogP contribution in [0.3, 0.4) is 0 Å². The smallest absolute Gasteiger partial charge is 0.450 e. The first-order valence-corrected chi connectivity index (χ1v) is 15.0. The van der Waals surface area contributed by atoms with E-state index in [9.17, 15) is 28.2 Å². The Kier molecular flexibility index (Phi) is 12.2. The van der Waals surface area contributed by atoms with E-state index in [2.05, 4.69) is 9.99 Å². The number of ether oxygens (including phenoxy) is 2. The summed E-state index contributed by atoms with van der Waals surface area (Å²) in [5, 5.41) is 22.0. The van der Waals surface area contributed by atoms with E-state index in [0.29, 0.717) is 17.3 Å². The average molecular weight is 693 g/mol. The molecule has 236 valence electrons. The Morgan fingerprint density at radius 2 is 1.43 bits per heavy atom. The third-order valence-electron chi connectivity index (χ3n) is 6.13. The monoisotopic (exact) mass is 691 g/mol. The molecule has 0 aromatic heterocycles. The average Bonchev–Trinajstić information content (AvgIpc) is 2.96. The number of alkyl halides is 1. The van der Waals surface area contributed by atoms with Gasteiger partial charge in [0.15, 0.2) is 24.0 Å². The van der Waals surface area contributed by atoms with E-state index in [-0.39, 0.29) is 10.0 Å². The highest BCUT2D eigenvalue weighted by Gasteiger charge is 2.54. The molecule has 0 saturated carbocycles. The summed E-state index contributed by atoms with van der Waals surface area (Å²) in [7, 11) is -4.06. The molecule has 0 heterocycles. The summed E-state index contributed by atoms with van der Waals surface area (Å²) >= 11 is 18.1. The van der Waals surface area contributed by atoms with Crippen LogP contribution in [-0.4, -0.2) is 68.2 Å². The number of rotatable bonds is 14. The fourth-order valence-electron chi connectivity index (χ4n) is 4.39. The van der Waals surface area contributed by atoms with Gasteiger partial charge in [0.05, 0.1) is 21.3 Å². The van der Waals surface area contributed by atoms with Gasteiger partial charge in [0, 0.05) is 12.8 Å². The van der Waals surface area contributed by atoms with Crippen LogP contribution in [0.15, 0.2) is 82.8 Å². The van der Waals surface area contributed by atoms with Crippen molar-refractivity contribution in [1.29, 1.82) is 0 Å². The lowest BCUT2D eigenvalue weighted by Gasteiger charge is -2.42. The second-order valence-electron chi connectivity index (χ2n) is 9.16. The molecule has 0 aliphatic rings. The summed E-state index contributed by atoms with van der Waals surface area (Å²) < 4.78 is 59.2. The summed E-state index contributed by atoms with van der Waals surface area (Å²) in [5.74, 6) is 0. The van der Waals surface area contributed by atoms with Crippen LogP contribution < -0.4 is 0 Å². The standard InChI is InChI=1S/C28H25Cl3FNO10S/c1-40-33-16-22(32)24(41-26(34)35)25(43-44(38,39)23-13-20(30)19(29)12-21(23)31)28(42-27(36)37,14-17-8-4-2-5-9-17)15-18-10-6-3-7-11-18/h2-13,16,22,24-25H,14-15H2,1H3,(H,34,35)(H,36,37)/t22-,24+,25-/m1/s1. The van der Waals surface area contributed by atoms with Crippen LogP contribution in [0.5, 0.6) is 0 Å². The van der Waals surface area contributed by atoms with Crippen molar-refractivity contribution in [3.05, 3.63) is 99.0 Å². The molecular formula is C28H25Cl3FNO10S. The van der Waals surface area contributed by atoms with Crippen LogP contribution >= 0.6 is 34.8 Å². The minimum absolute atomic E-state index is 0.101. The third-order valence-corrected chi connectivity index (χ3v) is 8.62. The highest BCUT2D eigenvalue weighted by molar-refractivity contribution is 7.87. The van der Waals surface area contributed by atoms with Gasteiger partial charge in [-0.2, -0.15) is 8.42 Å². The SMILES string of the molecule is CON=C[C@@H](F)[C@H](OC(=O)O)[C@@H](OS(=O)(=O)c1cc(Cl)c(Cl)cc1Cl)C(Cc1ccccc1)(Cc1ccccc1)OC(=O)O. The maximum absolute atomic E-state index is 15.8. The van der Waals surface area contributed by atoms with Gasteiger partial charge in [0.2, 0.25) is 0 Å². The molecule has 0 aliphatic carbocycles. The van der Waals surface area contributed by atoms with Crippen LogP contribution in [-0.2, 0) is 41.5 Å². The van der Waals surface area contributed by atoms with Gasteiger partial charge in [-0.1, -0.05) is 101 Å². The summed E-state index contributed by atoms with van der Waals surface area (Å²) in [4.78, 5) is 27.9. The number of nitrogens with zero attached hydrogens (tertiary/aromatic N) is 1. The minimum atomic E-state index is -5.13. The molecule has 0 radical (unpaired) electrons. The first kappa shape index (κ1) is 34.9. The first-order valence-electron chi connectivity index (χ1n) is 12.5. The lowest BCUT2D eigenvalue weighted by atomic mass is 9.80. The summed E-state index contributed by atoms with van der Waals surface area (Å²) in [6, 6.07) is 17.9. The molecule has 3 aromatic rings. The van der Waals surface area contributed by atoms with Crippen molar-refractivity contribution >= 4 is 63.4 Å². The fourth-order valence-corrected chi connectivity index (χ4v) is 6.51. The van der Waals surface area contributed by atoms with Gasteiger partial charge in [0.1, 0.15) is 12.0 Å². The number of hydrogen-bond donors (Lipinski definition) is 2. The molecule has 0 aliphatic heterocycles. The quantitative estimate of drug-likeness (QED) is 0.0614. The molecule has 0 bridgehead atoms. The van der Waals surface area contributed by atoms with E-state index >= 15 is 4.39 Å². The van der Waals surface area contributed by atoms with E-state index in [4.69, 9.17) is 48.5 Å². The van der Waals surface area contributed by atoms with E-state index in [1.165, 1.54) is 0 Å². The van der Waals surface area contributed by atoms with Crippen LogP contribution in [0.2, 0.25) is 15.1 Å². The van der Waals surface area contributed by atoms with Crippen molar-refractivity contribution < 1.29 is 51.1 Å². The number of carboxylic acid groups (broad SMARTS) is 2. The molecule has 3 rings (SSSR count). The van der Waals surface area contributed by atoms with Crippen LogP contribution in [0.25, 0.3) is 0 Å². The predicted octanol–water partition coefficient (Wildman–Crippen LogP) is 6.67. The zero-order valence-electron chi connectivity index (χ0n) is 22.7. The number of halogens is 4. The molecule has 2 N–H and O–H groups in total. The van der Waals surface area contributed by atoms with Crippen molar-refractivity contribution in [3.63, 3.8) is 0 Å². The van der Waals surface area contributed by atoms with Gasteiger partial charge in [-0.3, -0.25) is 4.18 Å². The van der Waals surface area contributed by atoms with Crippen molar-refractivity contribution in [3.8, 4) is 0 Å². The van der Waals surface area contributed by atoms with Crippen molar-refractivity contribution in [2.75, 3.05) is 7.11 Å². The van der Waals surface area contributed by atoms with Gasteiger partial charge in [-0.15, -0.1) is 0 Å². The molecule has 3 atom stereocenters. The van der Waals surface area contributed by atoms with Crippen molar-refractivity contribution in [1.82, 2.24) is 0 Å². The first-order chi connectivity index (χ1) is 20.8. The van der Waals surface area contributed by atoms with Crippen molar-refractivity contribution in [2.24, 2.45) is 5.16 Å². The fraction of sp³-hybridized carbons (Fsp3) is 0.250. The Balaban J connectivity index is 2.37. The molecule has 3 aromatic carbocycles. The molecule has 11 nitrogen and oxygen atoms in total. The molecule has 0 unspecified atom stereocenters. The number of benzene rings is 3. The highest BCUT2D eigenvalue weighted by Crippen LogP contribution is 2.38. The van der Waals surface area contributed by atoms with E-state index < -0.39 is 69.2 Å². The Labute approximate surface area is 266 Å². The molecule has 44 heavy (non-hydrogen) atoms. The molecule has 0 amide bonds. The maximum atomic E-state index is 15.8. The van der Waals surface area contributed by atoms with E-state index in [0.717, 1.165) is 19.2 Å². The Hall–Kier alpha value is -3.62. The summed E-state index contributed by atoms with van der Waals surface area (Å²) in [6.07, 6.45) is -11.7. The van der Waals surface area contributed by atoms with Gasteiger partial charge in [0.25, 0.3) is 10.1 Å². The zero-order chi connectivity index (χ0) is 32.5. The number of carbonyl (C=O) groups is 2. The lowest BCUT2D eigenvalue weighted by Crippen LogP contribution is -2.60. The van der Waals surface area contributed by atoms with Crippen molar-refractivity contribution in [2.45, 2.75) is 41.7 Å². The second-order valence-corrected chi connectivity index (χ2v) is 11.9. The molecule has 16 heteroatoms. The van der Waals surface area contributed by atoms with Gasteiger partial charge in [-0.05, 0) is 23.3 Å². The van der Waals surface area contributed by atoms with E-state index in [1.54, 1.807) is 60.7 Å². The highest BCUT2D eigenvalue weighted by atomic mass is 35.5. The number of oxime groups is 1. The Morgan fingerprint density at radius 3 is 1.91 bits per heavy atom. The largest absolute Gasteiger partial charge is 0.506 e. The minimum Gasteiger partial charge on any atom is -0.450 e. The maximum Gasteiger partial charge on any atom is 0.506 e. The summed E-state index contributed by atoms with van der Waals surface area (Å²) in [6.45, 7) is 0. The third kappa shape index (κ3) is 9.19. The molecular weight excluding hydrogens is 668 g/mol. The Morgan fingerprint density at radius 1 is 0.909 bits per heavy atom. The number of hydrogen-bond acceptors (Lipinski definition) is 9. The van der Waals surface area contributed by atoms with Gasteiger partial charge in [-0.25, -0.2) is 14.0 Å². The predicted molar refractivity (Wildman–Crippen MR) is 159 cm³/mol. The van der Waals surface area contributed by atoms with Crippen LogP contribution in [0.4, 0.5) is 14.0 Å². The lowest BCUT2D eigenvalue weighted by molar-refractivity contribution is -0.137.